The van der Waals surface area contributed by atoms with E-state index in [0.29, 0.717) is 19.3 Å². The Balaban J connectivity index is 1.84. The van der Waals surface area contributed by atoms with Crippen molar-refractivity contribution in [1.82, 2.24) is 0 Å². The largest absolute Gasteiger partial charge is 0.459 e. The molecule has 0 aliphatic heterocycles. The number of carbonyl (C=O) groups excluding carboxylic acids is 4. The number of esters is 2. The predicted octanol–water partition coefficient (Wildman–Crippen LogP) is 3.80. The Morgan fingerprint density at radius 3 is 2.14 bits per heavy atom. The van der Waals surface area contributed by atoms with E-state index in [-0.39, 0.29) is 29.8 Å². The van der Waals surface area contributed by atoms with Gasteiger partial charge in [-0.15, -0.1) is 0 Å². The van der Waals surface area contributed by atoms with Gasteiger partial charge in [0.1, 0.15) is 23.8 Å². The number of hydrogen-bond acceptors (Lipinski definition) is 7. The molecule has 3 fully saturated rings. The summed E-state index contributed by atoms with van der Waals surface area (Å²) in [5, 5.41) is 10.5. The van der Waals surface area contributed by atoms with Gasteiger partial charge in [-0.2, -0.15) is 0 Å². The minimum Gasteiger partial charge on any atom is -0.459 e. The number of carbonyl (C=O) groups is 4. The van der Waals surface area contributed by atoms with Crippen LogP contribution in [0.5, 0.6) is 0 Å². The van der Waals surface area contributed by atoms with E-state index in [1.165, 1.54) is 13.8 Å². The summed E-state index contributed by atoms with van der Waals surface area (Å²) >= 11 is 0. The van der Waals surface area contributed by atoms with Gasteiger partial charge in [-0.25, -0.2) is 0 Å². The Kier molecular flexibility index (Phi) is 5.95. The van der Waals surface area contributed by atoms with Crippen molar-refractivity contribution in [2.75, 3.05) is 0 Å². The quantitative estimate of drug-likeness (QED) is 0.476. The highest BCUT2D eigenvalue weighted by atomic mass is 16.6. The van der Waals surface area contributed by atoms with Gasteiger partial charge in [0.25, 0.3) is 0 Å². The van der Waals surface area contributed by atoms with Gasteiger partial charge in [-0.1, -0.05) is 46.3 Å². The molecule has 0 unspecified atom stereocenters. The number of aliphatic hydroxyl groups is 1. The van der Waals surface area contributed by atoms with Crippen LogP contribution in [0.2, 0.25) is 0 Å². The summed E-state index contributed by atoms with van der Waals surface area (Å²) in [5.74, 6) is -1.62. The highest BCUT2D eigenvalue weighted by Gasteiger charge is 2.73. The lowest BCUT2D eigenvalue weighted by Crippen LogP contribution is -2.65. The summed E-state index contributed by atoms with van der Waals surface area (Å²) in [6, 6.07) is 0. The first-order chi connectivity index (χ1) is 16.0. The third-order valence-corrected chi connectivity index (χ3v) is 10.5. The first kappa shape index (κ1) is 26.1. The molecule has 0 aromatic carbocycles. The van der Waals surface area contributed by atoms with E-state index < -0.39 is 57.8 Å². The molecular formula is C28H40O7. The molecule has 9 atom stereocenters. The fourth-order valence-electron chi connectivity index (χ4n) is 8.85. The van der Waals surface area contributed by atoms with Crippen molar-refractivity contribution in [3.8, 4) is 0 Å². The Bertz CT molecular complexity index is 1010. The number of ketones is 2. The molecule has 35 heavy (non-hydrogen) atoms. The van der Waals surface area contributed by atoms with Crippen LogP contribution in [0.25, 0.3) is 0 Å². The minimum atomic E-state index is -0.812. The van der Waals surface area contributed by atoms with Gasteiger partial charge in [0.15, 0.2) is 0 Å². The molecule has 4 aliphatic rings. The van der Waals surface area contributed by atoms with Crippen molar-refractivity contribution in [2.24, 2.45) is 39.4 Å². The summed E-state index contributed by atoms with van der Waals surface area (Å²) in [6.07, 6.45) is 1.63. The van der Waals surface area contributed by atoms with E-state index in [1.54, 1.807) is 6.92 Å². The van der Waals surface area contributed by atoms with Crippen LogP contribution < -0.4 is 0 Å². The molecule has 0 spiro atoms. The highest BCUT2D eigenvalue weighted by molar-refractivity contribution is 5.93. The maximum Gasteiger partial charge on any atom is 0.303 e. The fraction of sp³-hybridized carbons (Fsp3) is 0.786. The van der Waals surface area contributed by atoms with Crippen LogP contribution in [0.3, 0.4) is 0 Å². The topological polar surface area (TPSA) is 107 Å². The van der Waals surface area contributed by atoms with Crippen LogP contribution in [0, 0.1) is 39.4 Å². The molecule has 0 aromatic heterocycles. The van der Waals surface area contributed by atoms with Crippen molar-refractivity contribution in [1.29, 1.82) is 0 Å². The number of allylic oxidation sites excluding steroid dienone is 1. The van der Waals surface area contributed by atoms with E-state index in [1.807, 2.05) is 27.7 Å². The van der Waals surface area contributed by atoms with Crippen LogP contribution in [-0.4, -0.2) is 46.9 Å². The van der Waals surface area contributed by atoms with Crippen molar-refractivity contribution >= 4 is 23.5 Å². The lowest BCUT2D eigenvalue weighted by molar-refractivity contribution is -0.193. The zero-order chi connectivity index (χ0) is 26.3. The molecule has 0 radical (unpaired) electrons. The number of hydrogen-bond donors (Lipinski definition) is 1. The summed E-state index contributed by atoms with van der Waals surface area (Å²) in [6.45, 7) is 14.5. The van der Waals surface area contributed by atoms with E-state index in [9.17, 15) is 24.3 Å². The standard InChI is InChI=1S/C28H40O7/c1-14(29)23-19(32)12-26(6)21-10-9-17-18(28(21,8)22(33)13-27(23,26)7)11-20(34-15(2)30)24(25(17,4)5)35-16(3)31/h9,14,18,20-21,23-24,29H,10-13H2,1-8H3/t14-,18+,20-,21-,23-,24+,26-,27+,28-/m0/s1. The van der Waals surface area contributed by atoms with Gasteiger partial charge < -0.3 is 14.6 Å². The Morgan fingerprint density at radius 1 is 1.00 bits per heavy atom. The predicted molar refractivity (Wildman–Crippen MR) is 128 cm³/mol. The van der Waals surface area contributed by atoms with Crippen LogP contribution in [0.15, 0.2) is 11.6 Å². The zero-order valence-corrected chi connectivity index (χ0v) is 22.3. The third kappa shape index (κ3) is 3.40. The number of fused-ring (bicyclic) bond motifs is 5. The number of Topliss-reactive ketones (excluding diaryl/α,β-unsaturated/α-hetero) is 2. The van der Waals surface area contributed by atoms with Crippen molar-refractivity contribution in [3.63, 3.8) is 0 Å². The molecule has 4 aliphatic carbocycles. The van der Waals surface area contributed by atoms with Gasteiger partial charge >= 0.3 is 11.9 Å². The van der Waals surface area contributed by atoms with Crippen LogP contribution in [0.4, 0.5) is 0 Å². The number of rotatable bonds is 3. The summed E-state index contributed by atoms with van der Waals surface area (Å²) in [4.78, 5) is 51.3. The lowest BCUT2D eigenvalue weighted by Gasteiger charge is -2.64. The average Bonchev–Trinajstić information content (AvgIpc) is 2.90. The lowest BCUT2D eigenvalue weighted by atomic mass is 9.38. The fourth-order valence-corrected chi connectivity index (χ4v) is 8.85. The molecule has 7 nitrogen and oxygen atoms in total. The van der Waals surface area contributed by atoms with E-state index >= 15 is 0 Å². The minimum absolute atomic E-state index is 0.0357. The first-order valence-electron chi connectivity index (χ1n) is 12.8. The van der Waals surface area contributed by atoms with Gasteiger partial charge in [0.2, 0.25) is 0 Å². The van der Waals surface area contributed by atoms with Gasteiger partial charge in [-0.3, -0.25) is 19.2 Å². The monoisotopic (exact) mass is 488 g/mol. The van der Waals surface area contributed by atoms with E-state index in [4.69, 9.17) is 9.47 Å². The molecule has 0 heterocycles. The molecule has 0 saturated heterocycles. The molecule has 3 saturated carbocycles. The van der Waals surface area contributed by atoms with Gasteiger partial charge in [0.05, 0.1) is 6.10 Å². The molecule has 0 amide bonds. The normalized spacial score (nSPS) is 44.9. The van der Waals surface area contributed by atoms with Gasteiger partial charge in [0, 0.05) is 43.4 Å². The molecule has 7 heteroatoms. The SMILES string of the molecule is CC(=O)O[C@H]1C[C@@H]2C(=CC[C@@H]3[C@@]2(C)C(=O)C[C@]2(C)[C@@H]([C@H](C)O)C(=O)C[C@@]32C)C(C)(C)[C@@H]1OC(C)=O. The second-order valence-corrected chi connectivity index (χ2v) is 12.7. The molecule has 194 valence electrons. The third-order valence-electron chi connectivity index (χ3n) is 10.5. The molecule has 0 bridgehead atoms. The number of aliphatic hydroxyl groups excluding tert-OH is 1. The molecule has 0 aromatic rings. The Labute approximate surface area is 208 Å². The van der Waals surface area contributed by atoms with E-state index in [0.717, 1.165) is 5.57 Å². The second-order valence-electron chi connectivity index (χ2n) is 12.7. The van der Waals surface area contributed by atoms with Crippen molar-refractivity contribution in [2.45, 2.75) is 99.4 Å². The van der Waals surface area contributed by atoms with Crippen molar-refractivity contribution < 1.29 is 33.8 Å². The summed E-state index contributed by atoms with van der Waals surface area (Å²) in [7, 11) is 0. The Morgan fingerprint density at radius 2 is 1.60 bits per heavy atom. The molecule has 1 N–H and O–H groups in total. The smallest absolute Gasteiger partial charge is 0.303 e. The first-order valence-corrected chi connectivity index (χ1v) is 12.8. The van der Waals surface area contributed by atoms with Gasteiger partial charge in [-0.05, 0) is 42.4 Å². The summed E-state index contributed by atoms with van der Waals surface area (Å²) in [5.41, 5.74) is -1.42. The second kappa shape index (κ2) is 7.99. The highest BCUT2D eigenvalue weighted by Crippen LogP contribution is 2.72. The Hall–Kier alpha value is -2.02. The maximum absolute atomic E-state index is 14.2. The molecular weight excluding hydrogens is 448 g/mol. The van der Waals surface area contributed by atoms with Crippen LogP contribution >= 0.6 is 0 Å². The van der Waals surface area contributed by atoms with Crippen LogP contribution in [-0.2, 0) is 28.7 Å². The van der Waals surface area contributed by atoms with Crippen LogP contribution in [0.1, 0.15) is 81.1 Å². The zero-order valence-electron chi connectivity index (χ0n) is 22.3. The summed E-state index contributed by atoms with van der Waals surface area (Å²) < 4.78 is 11.4. The number of ether oxygens (including phenoxy) is 2. The average molecular weight is 489 g/mol. The maximum atomic E-state index is 14.2. The van der Waals surface area contributed by atoms with E-state index in [2.05, 4.69) is 13.0 Å². The van der Waals surface area contributed by atoms with Crippen molar-refractivity contribution in [3.05, 3.63) is 11.6 Å². The molecule has 4 rings (SSSR count).